The van der Waals surface area contributed by atoms with Crippen LogP contribution < -0.4 is 10.6 Å². The van der Waals surface area contributed by atoms with Crippen molar-refractivity contribution in [2.75, 3.05) is 12.8 Å². The summed E-state index contributed by atoms with van der Waals surface area (Å²) < 4.78 is 11.3. The first-order valence-corrected chi connectivity index (χ1v) is 9.21. The summed E-state index contributed by atoms with van der Waals surface area (Å²) in [4.78, 5) is 12.6. The quantitative estimate of drug-likeness (QED) is 0.774. The Morgan fingerprint density at radius 2 is 1.82 bits per heavy atom. The summed E-state index contributed by atoms with van der Waals surface area (Å²) in [6.07, 6.45) is 6.34. The molecule has 0 saturated heterocycles. The number of hydrogen-bond donors (Lipinski definition) is 3. The third-order valence-electron chi connectivity index (χ3n) is 4.07. The Balaban J connectivity index is 1.74. The average Bonchev–Trinajstić information content (AvgIpc) is 2.52. The first-order valence-electron chi connectivity index (χ1n) is 7.65. The van der Waals surface area contributed by atoms with Crippen molar-refractivity contribution in [1.29, 1.82) is 0 Å². The van der Waals surface area contributed by atoms with Crippen molar-refractivity contribution < 1.29 is 14.1 Å². The van der Waals surface area contributed by atoms with Crippen LogP contribution in [0.25, 0.3) is 0 Å². The molecule has 0 radical (unpaired) electrons. The van der Waals surface area contributed by atoms with Gasteiger partial charge in [0.05, 0.1) is 5.60 Å². The molecule has 5 nitrogen and oxygen atoms in total. The molecule has 3 N–H and O–H groups in total. The number of urea groups is 1. The molecule has 0 aliphatic heterocycles. The van der Waals surface area contributed by atoms with Crippen molar-refractivity contribution in [1.82, 2.24) is 10.6 Å². The van der Waals surface area contributed by atoms with Crippen LogP contribution in [-0.2, 0) is 17.3 Å². The van der Waals surface area contributed by atoms with E-state index in [2.05, 4.69) is 10.6 Å². The highest BCUT2D eigenvalue weighted by Gasteiger charge is 2.29. The van der Waals surface area contributed by atoms with Gasteiger partial charge in [0, 0.05) is 35.0 Å². The number of carbonyl (C=O) groups is 1. The Hall–Kier alpha value is -1.40. The second-order valence-electron chi connectivity index (χ2n) is 5.92. The summed E-state index contributed by atoms with van der Waals surface area (Å²) >= 11 is 0. The monoisotopic (exact) mass is 324 g/mol. The largest absolute Gasteiger partial charge is 0.388 e. The van der Waals surface area contributed by atoms with E-state index in [4.69, 9.17) is 0 Å². The van der Waals surface area contributed by atoms with E-state index in [-0.39, 0.29) is 6.03 Å². The Kier molecular flexibility index (Phi) is 5.97. The molecule has 1 aromatic carbocycles. The summed E-state index contributed by atoms with van der Waals surface area (Å²) in [6, 6.07) is 7.03. The standard InChI is InChI=1S/C16H24N2O3S/c1-22(21)14-7-5-13(6-8-14)11-17-15(19)18-12-16(20)9-3-2-4-10-16/h5-8,20H,2-4,9-12H2,1H3,(H2,17,18,19). The van der Waals surface area contributed by atoms with Gasteiger partial charge in [0.15, 0.2) is 0 Å². The third kappa shape index (κ3) is 5.10. The van der Waals surface area contributed by atoms with Gasteiger partial charge in [0.1, 0.15) is 0 Å². The molecule has 0 aromatic heterocycles. The van der Waals surface area contributed by atoms with Crippen LogP contribution in [0.2, 0.25) is 0 Å². The smallest absolute Gasteiger partial charge is 0.315 e. The molecule has 122 valence electrons. The van der Waals surface area contributed by atoms with Crippen LogP contribution in [0.4, 0.5) is 4.79 Å². The number of benzene rings is 1. The summed E-state index contributed by atoms with van der Waals surface area (Å²) in [5, 5.41) is 15.8. The maximum absolute atomic E-state index is 11.8. The molecule has 1 saturated carbocycles. The number of aliphatic hydroxyl groups is 1. The predicted octanol–water partition coefficient (Wildman–Crippen LogP) is 1.92. The van der Waals surface area contributed by atoms with Gasteiger partial charge in [-0.15, -0.1) is 0 Å². The Labute approximate surface area is 134 Å². The summed E-state index contributed by atoms with van der Waals surface area (Å²) in [5.41, 5.74) is 0.198. The molecule has 2 rings (SSSR count). The molecule has 0 spiro atoms. The number of carbonyl (C=O) groups excluding carboxylic acids is 1. The van der Waals surface area contributed by atoms with E-state index in [1.165, 1.54) is 0 Å². The molecular formula is C16H24N2O3S. The van der Waals surface area contributed by atoms with Gasteiger partial charge in [-0.25, -0.2) is 4.79 Å². The molecule has 1 aliphatic carbocycles. The second-order valence-corrected chi connectivity index (χ2v) is 7.30. The van der Waals surface area contributed by atoms with Crippen molar-refractivity contribution in [3.05, 3.63) is 29.8 Å². The lowest BCUT2D eigenvalue weighted by Gasteiger charge is -2.32. The Bertz CT molecular complexity index is 525. The molecule has 6 heteroatoms. The normalized spacial score (nSPS) is 18.5. The molecule has 1 atom stereocenters. The lowest BCUT2D eigenvalue weighted by molar-refractivity contribution is 0.00719. The predicted molar refractivity (Wildman–Crippen MR) is 87.0 cm³/mol. The van der Waals surface area contributed by atoms with Gasteiger partial charge in [0.25, 0.3) is 0 Å². The zero-order valence-corrected chi connectivity index (χ0v) is 13.7. The van der Waals surface area contributed by atoms with Crippen molar-refractivity contribution >= 4 is 16.8 Å². The molecule has 0 heterocycles. The minimum atomic E-state index is -0.988. The van der Waals surface area contributed by atoms with Crippen LogP contribution in [0.1, 0.15) is 37.7 Å². The van der Waals surface area contributed by atoms with Crippen LogP contribution >= 0.6 is 0 Å². The third-order valence-corrected chi connectivity index (χ3v) is 5.01. The van der Waals surface area contributed by atoms with Crippen LogP contribution in [0.15, 0.2) is 29.2 Å². The Morgan fingerprint density at radius 1 is 1.18 bits per heavy atom. The SMILES string of the molecule is CS(=O)c1ccc(CNC(=O)NCC2(O)CCCCC2)cc1. The maximum atomic E-state index is 11.8. The highest BCUT2D eigenvalue weighted by Crippen LogP contribution is 2.27. The number of hydrogen-bond acceptors (Lipinski definition) is 3. The number of nitrogens with one attached hydrogen (secondary N) is 2. The molecule has 1 unspecified atom stereocenters. The number of amides is 2. The van der Waals surface area contributed by atoms with Gasteiger partial charge in [-0.1, -0.05) is 31.4 Å². The summed E-state index contributed by atoms with van der Waals surface area (Å²) in [7, 11) is -0.988. The highest BCUT2D eigenvalue weighted by atomic mass is 32.2. The Morgan fingerprint density at radius 3 is 2.41 bits per heavy atom. The first kappa shape index (κ1) is 17.0. The van der Waals surface area contributed by atoms with Gasteiger partial charge in [0.2, 0.25) is 0 Å². The van der Waals surface area contributed by atoms with E-state index in [1.807, 2.05) is 12.1 Å². The van der Waals surface area contributed by atoms with Gasteiger partial charge < -0.3 is 15.7 Å². The average molecular weight is 324 g/mol. The number of rotatable bonds is 5. The van der Waals surface area contributed by atoms with Gasteiger partial charge in [-0.05, 0) is 30.5 Å². The van der Waals surface area contributed by atoms with E-state index in [1.54, 1.807) is 18.4 Å². The topological polar surface area (TPSA) is 78.4 Å². The van der Waals surface area contributed by atoms with Crippen LogP contribution in [0.5, 0.6) is 0 Å². The fourth-order valence-corrected chi connectivity index (χ4v) is 3.19. The summed E-state index contributed by atoms with van der Waals surface area (Å²) in [6.45, 7) is 0.702. The van der Waals surface area contributed by atoms with Gasteiger partial charge in [-0.3, -0.25) is 4.21 Å². The molecular weight excluding hydrogens is 300 g/mol. The zero-order chi connectivity index (χ0) is 16.0. The fourth-order valence-electron chi connectivity index (χ4n) is 2.68. The van der Waals surface area contributed by atoms with Crippen molar-refractivity contribution in [2.24, 2.45) is 0 Å². The first-order chi connectivity index (χ1) is 10.5. The molecule has 0 bridgehead atoms. The maximum Gasteiger partial charge on any atom is 0.315 e. The van der Waals surface area contributed by atoms with E-state index in [9.17, 15) is 14.1 Å². The molecule has 1 fully saturated rings. The van der Waals surface area contributed by atoms with Gasteiger partial charge >= 0.3 is 6.03 Å². The van der Waals surface area contributed by atoms with E-state index < -0.39 is 16.4 Å². The highest BCUT2D eigenvalue weighted by molar-refractivity contribution is 7.84. The van der Waals surface area contributed by atoms with Crippen molar-refractivity contribution in [3.63, 3.8) is 0 Å². The molecule has 1 aliphatic rings. The summed E-state index contributed by atoms with van der Waals surface area (Å²) in [5.74, 6) is 0. The van der Waals surface area contributed by atoms with Crippen molar-refractivity contribution in [3.8, 4) is 0 Å². The van der Waals surface area contributed by atoms with Crippen LogP contribution in [-0.4, -0.2) is 33.7 Å². The van der Waals surface area contributed by atoms with E-state index in [0.717, 1.165) is 42.6 Å². The lowest BCUT2D eigenvalue weighted by Crippen LogP contribution is -2.47. The molecule has 1 aromatic rings. The zero-order valence-electron chi connectivity index (χ0n) is 12.9. The van der Waals surface area contributed by atoms with E-state index in [0.29, 0.717) is 13.1 Å². The minimum Gasteiger partial charge on any atom is -0.388 e. The van der Waals surface area contributed by atoms with Gasteiger partial charge in [-0.2, -0.15) is 0 Å². The van der Waals surface area contributed by atoms with Crippen molar-refractivity contribution in [2.45, 2.75) is 49.1 Å². The fraction of sp³-hybridized carbons (Fsp3) is 0.562. The lowest BCUT2D eigenvalue weighted by atomic mass is 9.85. The van der Waals surface area contributed by atoms with Crippen LogP contribution in [0, 0.1) is 0 Å². The molecule has 22 heavy (non-hydrogen) atoms. The minimum absolute atomic E-state index is 0.276. The van der Waals surface area contributed by atoms with Crippen LogP contribution in [0.3, 0.4) is 0 Å². The molecule has 2 amide bonds. The van der Waals surface area contributed by atoms with E-state index >= 15 is 0 Å². The second kappa shape index (κ2) is 7.74.